The summed E-state index contributed by atoms with van der Waals surface area (Å²) in [7, 11) is -3.64. The van der Waals surface area contributed by atoms with Crippen molar-refractivity contribution in [3.05, 3.63) is 35.8 Å². The van der Waals surface area contributed by atoms with E-state index in [9.17, 15) is 8.42 Å². The van der Waals surface area contributed by atoms with E-state index in [2.05, 4.69) is 14.7 Å². The van der Waals surface area contributed by atoms with Crippen molar-refractivity contribution in [3.63, 3.8) is 0 Å². The Morgan fingerprint density at radius 1 is 1.40 bits per heavy atom. The number of nitrogens with two attached hydrogens (primary N) is 1. The molecule has 0 aliphatic carbocycles. The molecule has 106 valence electrons. The number of anilines is 1. The van der Waals surface area contributed by atoms with Gasteiger partial charge in [-0.25, -0.2) is 18.4 Å². The minimum absolute atomic E-state index is 0.117. The SMILES string of the molecule is NC(CCl)=Nc1ccc(S(=O)(=O)Nc2nccs2)cc1. The average Bonchev–Trinajstić information content (AvgIpc) is 2.91. The molecule has 0 fully saturated rings. The zero-order valence-corrected chi connectivity index (χ0v) is 12.5. The third-order valence-corrected chi connectivity index (χ3v) is 4.66. The van der Waals surface area contributed by atoms with Crippen molar-refractivity contribution < 1.29 is 8.42 Å². The molecule has 20 heavy (non-hydrogen) atoms. The van der Waals surface area contributed by atoms with Gasteiger partial charge in [-0.2, -0.15) is 0 Å². The van der Waals surface area contributed by atoms with Gasteiger partial charge in [-0.1, -0.05) is 0 Å². The van der Waals surface area contributed by atoms with E-state index in [1.165, 1.54) is 29.7 Å². The highest BCUT2D eigenvalue weighted by Crippen LogP contribution is 2.20. The Kier molecular flexibility index (Phi) is 4.58. The van der Waals surface area contributed by atoms with Crippen molar-refractivity contribution in [3.8, 4) is 0 Å². The van der Waals surface area contributed by atoms with E-state index in [4.69, 9.17) is 17.3 Å². The molecule has 9 heteroatoms. The van der Waals surface area contributed by atoms with Gasteiger partial charge in [0.05, 0.1) is 16.5 Å². The molecule has 1 aromatic heterocycles. The number of hydrogen-bond acceptors (Lipinski definition) is 5. The highest BCUT2D eigenvalue weighted by Gasteiger charge is 2.15. The predicted molar refractivity (Wildman–Crippen MR) is 81.4 cm³/mol. The maximum atomic E-state index is 12.1. The first kappa shape index (κ1) is 14.8. The average molecular weight is 331 g/mol. The number of alkyl halides is 1. The van der Waals surface area contributed by atoms with Crippen LogP contribution in [0.1, 0.15) is 0 Å². The van der Waals surface area contributed by atoms with E-state index in [1.54, 1.807) is 17.5 Å². The highest BCUT2D eigenvalue weighted by atomic mass is 35.5. The third-order valence-electron chi connectivity index (χ3n) is 2.21. The summed E-state index contributed by atoms with van der Waals surface area (Å²) in [5, 5.41) is 2.00. The van der Waals surface area contributed by atoms with Gasteiger partial charge in [0, 0.05) is 11.6 Å². The number of thiazole rings is 1. The van der Waals surface area contributed by atoms with Crippen molar-refractivity contribution in [2.45, 2.75) is 4.90 Å². The fourth-order valence-electron chi connectivity index (χ4n) is 1.34. The molecule has 0 amide bonds. The molecule has 6 nitrogen and oxygen atoms in total. The van der Waals surface area contributed by atoms with Crippen LogP contribution in [0.25, 0.3) is 0 Å². The van der Waals surface area contributed by atoms with Crippen molar-refractivity contribution in [1.29, 1.82) is 0 Å². The van der Waals surface area contributed by atoms with Gasteiger partial charge >= 0.3 is 0 Å². The molecule has 0 radical (unpaired) electrons. The van der Waals surface area contributed by atoms with Crippen LogP contribution in [-0.2, 0) is 10.0 Å². The summed E-state index contributed by atoms with van der Waals surface area (Å²) in [6.07, 6.45) is 1.52. The summed E-state index contributed by atoms with van der Waals surface area (Å²) in [5.41, 5.74) is 6.04. The maximum Gasteiger partial charge on any atom is 0.263 e. The zero-order chi connectivity index (χ0) is 14.6. The van der Waals surface area contributed by atoms with Crippen molar-refractivity contribution >= 4 is 49.6 Å². The molecule has 1 heterocycles. The fourth-order valence-corrected chi connectivity index (χ4v) is 3.19. The fraction of sp³-hybridized carbons (Fsp3) is 0.0909. The summed E-state index contributed by atoms with van der Waals surface area (Å²) in [4.78, 5) is 8.00. The normalized spacial score (nSPS) is 12.3. The molecule has 1 aromatic carbocycles. The summed E-state index contributed by atoms with van der Waals surface area (Å²) in [6, 6.07) is 5.98. The minimum Gasteiger partial charge on any atom is -0.386 e. The number of benzene rings is 1. The third kappa shape index (κ3) is 3.69. The topological polar surface area (TPSA) is 97.4 Å². The first-order valence-electron chi connectivity index (χ1n) is 5.42. The molecule has 0 aliphatic rings. The lowest BCUT2D eigenvalue weighted by atomic mass is 10.3. The number of nitrogens with one attached hydrogen (secondary N) is 1. The molecule has 0 bridgehead atoms. The first-order chi connectivity index (χ1) is 9.51. The van der Waals surface area contributed by atoms with Gasteiger partial charge in [0.1, 0.15) is 5.84 Å². The minimum atomic E-state index is -3.64. The highest BCUT2D eigenvalue weighted by molar-refractivity contribution is 7.93. The number of sulfonamides is 1. The van der Waals surface area contributed by atoms with Gasteiger partial charge in [0.2, 0.25) is 0 Å². The number of nitrogens with zero attached hydrogens (tertiary/aromatic N) is 2. The second-order valence-corrected chi connectivity index (χ2v) is 6.52. The molecular weight excluding hydrogens is 320 g/mol. The molecule has 0 unspecified atom stereocenters. The van der Waals surface area contributed by atoms with Crippen LogP contribution in [0.2, 0.25) is 0 Å². The second-order valence-electron chi connectivity index (χ2n) is 3.67. The summed E-state index contributed by atoms with van der Waals surface area (Å²) in [5.74, 6) is 0.384. The van der Waals surface area contributed by atoms with Crippen molar-refractivity contribution in [2.75, 3.05) is 10.6 Å². The number of aromatic nitrogens is 1. The lowest BCUT2D eigenvalue weighted by Gasteiger charge is -2.05. The van der Waals surface area contributed by atoms with Gasteiger partial charge in [-0.3, -0.25) is 4.72 Å². The van der Waals surface area contributed by atoms with E-state index in [-0.39, 0.29) is 16.6 Å². The Bertz CT molecular complexity index is 697. The van der Waals surface area contributed by atoms with Gasteiger partial charge in [-0.05, 0) is 24.3 Å². The van der Waals surface area contributed by atoms with Crippen LogP contribution in [-0.4, -0.2) is 25.1 Å². The molecule has 2 aromatic rings. The van der Waals surface area contributed by atoms with Crippen LogP contribution >= 0.6 is 22.9 Å². The lowest BCUT2D eigenvalue weighted by molar-refractivity contribution is 0.601. The van der Waals surface area contributed by atoms with E-state index in [0.717, 1.165) is 0 Å². The number of aliphatic imine (C=N–C) groups is 1. The molecule has 0 spiro atoms. The van der Waals surface area contributed by atoms with Crippen molar-refractivity contribution in [2.24, 2.45) is 10.7 Å². The quantitative estimate of drug-likeness (QED) is 0.498. The van der Waals surface area contributed by atoms with Gasteiger partial charge in [-0.15, -0.1) is 22.9 Å². The lowest BCUT2D eigenvalue weighted by Crippen LogP contribution is -2.13. The zero-order valence-electron chi connectivity index (χ0n) is 10.2. The van der Waals surface area contributed by atoms with E-state index < -0.39 is 10.0 Å². The van der Waals surface area contributed by atoms with Crippen LogP contribution in [0.4, 0.5) is 10.8 Å². The van der Waals surface area contributed by atoms with Crippen LogP contribution in [0.5, 0.6) is 0 Å². The molecule has 0 atom stereocenters. The number of hydrogen-bond donors (Lipinski definition) is 2. The first-order valence-corrected chi connectivity index (χ1v) is 8.32. The Balaban J connectivity index is 2.21. The molecular formula is C11H11ClN4O2S2. The predicted octanol–water partition coefficient (Wildman–Crippen LogP) is 2.17. The molecule has 2 rings (SSSR count). The van der Waals surface area contributed by atoms with Crippen LogP contribution in [0.3, 0.4) is 0 Å². The summed E-state index contributed by atoms with van der Waals surface area (Å²) in [6.45, 7) is 0. The van der Waals surface area contributed by atoms with E-state index in [1.807, 2.05) is 0 Å². The molecule has 0 aliphatic heterocycles. The largest absolute Gasteiger partial charge is 0.386 e. The van der Waals surface area contributed by atoms with E-state index >= 15 is 0 Å². The second kappa shape index (κ2) is 6.21. The van der Waals surface area contributed by atoms with Gasteiger partial charge in [0.15, 0.2) is 5.13 Å². The Labute approximate surface area is 125 Å². The molecule has 0 saturated heterocycles. The monoisotopic (exact) mass is 330 g/mol. The summed E-state index contributed by atoms with van der Waals surface area (Å²) < 4.78 is 26.5. The smallest absolute Gasteiger partial charge is 0.263 e. The van der Waals surface area contributed by atoms with Crippen LogP contribution in [0, 0.1) is 0 Å². The summed E-state index contributed by atoms with van der Waals surface area (Å²) >= 11 is 6.72. The van der Waals surface area contributed by atoms with Crippen LogP contribution < -0.4 is 10.5 Å². The number of amidine groups is 1. The Morgan fingerprint density at radius 3 is 2.65 bits per heavy atom. The standard InChI is InChI=1S/C11H11ClN4O2S2/c12-7-10(13)15-8-1-3-9(4-2-8)20(17,18)16-11-14-5-6-19-11/h1-6H,7H2,(H2,13,15)(H,14,16). The van der Waals surface area contributed by atoms with Crippen LogP contribution in [0.15, 0.2) is 45.7 Å². The molecule has 0 saturated carbocycles. The Morgan fingerprint density at radius 2 is 2.10 bits per heavy atom. The van der Waals surface area contributed by atoms with E-state index in [0.29, 0.717) is 10.8 Å². The Hall–Kier alpha value is -1.64. The van der Waals surface area contributed by atoms with Gasteiger partial charge in [0.25, 0.3) is 10.0 Å². The van der Waals surface area contributed by atoms with Crippen molar-refractivity contribution in [1.82, 2.24) is 4.98 Å². The molecule has 3 N–H and O–H groups in total. The maximum absolute atomic E-state index is 12.1. The number of rotatable bonds is 5. The van der Waals surface area contributed by atoms with Gasteiger partial charge < -0.3 is 5.73 Å². The number of halogens is 1.